The van der Waals surface area contributed by atoms with Crippen molar-refractivity contribution < 1.29 is 0 Å². The van der Waals surface area contributed by atoms with Crippen molar-refractivity contribution in [1.29, 1.82) is 0 Å². The third-order valence-electron chi connectivity index (χ3n) is 7.12. The highest BCUT2D eigenvalue weighted by Gasteiger charge is 2.23. The molecule has 1 fully saturated rings. The standard InChI is InChI=1S/C15H14ClN.C14H28N2/c1-2-10-7-8-12-14(9-10)17-13-6-4-3-5-11(13)15(12)16;1-5-7-9-13(3)16-11-10-15(4)14(12-16)8-6-2/h2,7-9H,1,3-6H2;14H,3,5-12H2,1-2,4H3. The van der Waals surface area contributed by atoms with Crippen LogP contribution >= 0.6 is 11.6 Å². The van der Waals surface area contributed by atoms with Gasteiger partial charge in [0.25, 0.3) is 0 Å². The molecule has 1 atom stereocenters. The number of fused-ring (bicyclic) bond motifs is 2. The summed E-state index contributed by atoms with van der Waals surface area (Å²) in [4.78, 5) is 9.77. The second-order valence-corrected chi connectivity index (χ2v) is 9.96. The van der Waals surface area contributed by atoms with E-state index < -0.39 is 0 Å². The Morgan fingerprint density at radius 3 is 2.70 bits per heavy atom. The first-order valence-corrected chi connectivity index (χ1v) is 13.2. The van der Waals surface area contributed by atoms with Crippen LogP contribution in [0.3, 0.4) is 0 Å². The van der Waals surface area contributed by atoms with Crippen molar-refractivity contribution in [3.63, 3.8) is 0 Å². The molecule has 1 saturated heterocycles. The van der Waals surface area contributed by atoms with Crippen molar-refractivity contribution in [2.75, 3.05) is 26.7 Å². The number of aryl methyl sites for hydroxylation is 1. The lowest BCUT2D eigenvalue weighted by Crippen LogP contribution is -2.50. The summed E-state index contributed by atoms with van der Waals surface area (Å²) in [6, 6.07) is 6.88. The maximum absolute atomic E-state index is 6.49. The van der Waals surface area contributed by atoms with Crippen LogP contribution in [0.4, 0.5) is 0 Å². The van der Waals surface area contributed by atoms with Gasteiger partial charge in [0, 0.05) is 42.5 Å². The smallest absolute Gasteiger partial charge is 0.0726 e. The monoisotopic (exact) mass is 467 g/mol. The number of unbranched alkanes of at least 4 members (excludes halogenated alkanes) is 1. The third kappa shape index (κ3) is 6.61. The van der Waals surface area contributed by atoms with E-state index in [9.17, 15) is 0 Å². The van der Waals surface area contributed by atoms with Gasteiger partial charge in [-0.1, -0.05) is 69.7 Å². The van der Waals surface area contributed by atoms with Gasteiger partial charge in [0.1, 0.15) is 0 Å². The molecule has 1 aromatic heterocycles. The van der Waals surface area contributed by atoms with Gasteiger partial charge in [0.2, 0.25) is 0 Å². The fourth-order valence-electron chi connectivity index (χ4n) is 4.93. The van der Waals surface area contributed by atoms with Crippen molar-refractivity contribution in [3.8, 4) is 0 Å². The second-order valence-electron chi connectivity index (χ2n) is 9.58. The number of hydrogen-bond acceptors (Lipinski definition) is 3. The lowest BCUT2D eigenvalue weighted by atomic mass is 9.94. The molecule has 1 aliphatic carbocycles. The van der Waals surface area contributed by atoms with E-state index >= 15 is 0 Å². The fraction of sp³-hybridized carbons (Fsp3) is 0.552. The van der Waals surface area contributed by atoms with Crippen LogP contribution in [0.5, 0.6) is 0 Å². The number of likely N-dealkylation sites (N-methyl/N-ethyl adjacent to an activating group) is 1. The highest BCUT2D eigenvalue weighted by atomic mass is 35.5. The summed E-state index contributed by atoms with van der Waals surface area (Å²) in [6.07, 6.45) is 12.7. The zero-order valence-electron chi connectivity index (χ0n) is 21.0. The molecule has 4 heteroatoms. The Bertz CT molecular complexity index is 952. The lowest BCUT2D eigenvalue weighted by molar-refractivity contribution is 0.110. The highest BCUT2D eigenvalue weighted by Crippen LogP contribution is 2.33. The molecule has 0 N–H and O–H groups in total. The molecule has 2 aromatic rings. The number of benzene rings is 1. The minimum atomic E-state index is 0.733. The molecule has 180 valence electrons. The van der Waals surface area contributed by atoms with Gasteiger partial charge in [-0.3, -0.25) is 9.88 Å². The zero-order valence-corrected chi connectivity index (χ0v) is 21.8. The summed E-state index contributed by atoms with van der Waals surface area (Å²) in [5.41, 5.74) is 5.90. The Morgan fingerprint density at radius 2 is 1.97 bits per heavy atom. The number of allylic oxidation sites excluding steroid dienone is 1. The van der Waals surface area contributed by atoms with Gasteiger partial charge < -0.3 is 4.90 Å². The molecule has 0 saturated carbocycles. The van der Waals surface area contributed by atoms with Gasteiger partial charge in [-0.15, -0.1) is 0 Å². The molecular weight excluding hydrogens is 426 g/mol. The van der Waals surface area contributed by atoms with Crippen molar-refractivity contribution in [1.82, 2.24) is 14.8 Å². The quantitative estimate of drug-likeness (QED) is 0.419. The first kappa shape index (κ1) is 25.8. The zero-order chi connectivity index (χ0) is 23.8. The molecule has 2 aliphatic rings. The van der Waals surface area contributed by atoms with E-state index in [4.69, 9.17) is 16.6 Å². The molecule has 0 amide bonds. The van der Waals surface area contributed by atoms with Crippen LogP contribution in [0, 0.1) is 0 Å². The van der Waals surface area contributed by atoms with Gasteiger partial charge in [0.15, 0.2) is 0 Å². The Balaban J connectivity index is 0.000000186. The fourth-order valence-corrected chi connectivity index (χ4v) is 5.29. The number of hydrogen-bond donors (Lipinski definition) is 0. The molecule has 0 radical (unpaired) electrons. The Hall–Kier alpha value is -1.84. The van der Waals surface area contributed by atoms with Crippen LogP contribution in [0.1, 0.15) is 75.6 Å². The van der Waals surface area contributed by atoms with E-state index in [0.29, 0.717) is 0 Å². The van der Waals surface area contributed by atoms with E-state index in [1.54, 1.807) is 0 Å². The van der Waals surface area contributed by atoms with Gasteiger partial charge in [0.05, 0.1) is 10.5 Å². The van der Waals surface area contributed by atoms with E-state index in [-0.39, 0.29) is 0 Å². The van der Waals surface area contributed by atoms with Gasteiger partial charge in [-0.2, -0.15) is 0 Å². The SMILES string of the molecule is C=C(CCCC)N1CCN(C)C(CCC)C1.C=Cc1ccc2c(Cl)c3c(nc2c1)CCCC3. The largest absolute Gasteiger partial charge is 0.372 e. The molecular formula is C29H42ClN3. The summed E-state index contributed by atoms with van der Waals surface area (Å²) in [7, 11) is 2.26. The molecule has 3 nitrogen and oxygen atoms in total. The average Bonchev–Trinajstić information content (AvgIpc) is 2.84. The molecule has 4 rings (SSSR count). The van der Waals surface area contributed by atoms with Gasteiger partial charge >= 0.3 is 0 Å². The predicted octanol–water partition coefficient (Wildman–Crippen LogP) is 7.52. The normalized spacial score (nSPS) is 18.4. The maximum Gasteiger partial charge on any atom is 0.0726 e. The summed E-state index contributed by atoms with van der Waals surface area (Å²) in [5.74, 6) is 0. The van der Waals surface area contributed by atoms with Crippen LogP contribution < -0.4 is 0 Å². The number of pyridine rings is 1. The maximum atomic E-state index is 6.49. The lowest BCUT2D eigenvalue weighted by Gasteiger charge is -2.41. The molecule has 0 bridgehead atoms. The molecule has 0 spiro atoms. The highest BCUT2D eigenvalue weighted by molar-refractivity contribution is 6.36. The van der Waals surface area contributed by atoms with Crippen molar-refractivity contribution in [2.45, 2.75) is 77.7 Å². The first-order chi connectivity index (χ1) is 16.0. The average molecular weight is 468 g/mol. The van der Waals surface area contributed by atoms with E-state index in [2.05, 4.69) is 56.0 Å². The first-order valence-electron chi connectivity index (χ1n) is 12.8. The Labute approximate surface area is 206 Å². The Kier molecular flexibility index (Phi) is 9.82. The molecule has 33 heavy (non-hydrogen) atoms. The minimum Gasteiger partial charge on any atom is -0.372 e. The van der Waals surface area contributed by atoms with Crippen molar-refractivity contribution in [3.05, 3.63) is 58.9 Å². The summed E-state index contributed by atoms with van der Waals surface area (Å²) in [6.45, 7) is 16.1. The van der Waals surface area contributed by atoms with Gasteiger partial charge in [-0.05, 0) is 69.2 Å². The molecule has 1 aliphatic heterocycles. The molecule has 1 unspecified atom stereocenters. The molecule has 1 aromatic carbocycles. The van der Waals surface area contributed by atoms with E-state index in [1.165, 1.54) is 81.5 Å². The second kappa shape index (κ2) is 12.6. The summed E-state index contributed by atoms with van der Waals surface area (Å²) < 4.78 is 0. The summed E-state index contributed by atoms with van der Waals surface area (Å²) in [5, 5.41) is 1.97. The minimum absolute atomic E-state index is 0.733. The van der Waals surface area contributed by atoms with Crippen LogP contribution in [0.25, 0.3) is 17.0 Å². The van der Waals surface area contributed by atoms with Crippen LogP contribution in [-0.4, -0.2) is 47.5 Å². The number of halogens is 1. The van der Waals surface area contributed by atoms with Crippen LogP contribution in [0.2, 0.25) is 5.02 Å². The van der Waals surface area contributed by atoms with Crippen LogP contribution in [-0.2, 0) is 12.8 Å². The van der Waals surface area contributed by atoms with E-state index in [1.807, 2.05) is 12.1 Å². The molecule has 2 heterocycles. The predicted molar refractivity (Wildman–Crippen MR) is 145 cm³/mol. The summed E-state index contributed by atoms with van der Waals surface area (Å²) >= 11 is 6.49. The van der Waals surface area contributed by atoms with Gasteiger partial charge in [-0.25, -0.2) is 0 Å². The third-order valence-corrected chi connectivity index (χ3v) is 7.55. The van der Waals surface area contributed by atoms with Crippen molar-refractivity contribution in [2.24, 2.45) is 0 Å². The number of nitrogens with zero attached hydrogens (tertiary/aromatic N) is 3. The van der Waals surface area contributed by atoms with Crippen molar-refractivity contribution >= 4 is 28.6 Å². The number of aromatic nitrogens is 1. The van der Waals surface area contributed by atoms with E-state index in [0.717, 1.165) is 40.4 Å². The Morgan fingerprint density at radius 1 is 1.18 bits per heavy atom. The number of piperazine rings is 1. The van der Waals surface area contributed by atoms with Crippen LogP contribution in [0.15, 0.2) is 37.1 Å². The number of rotatable bonds is 7. The topological polar surface area (TPSA) is 19.4 Å².